The van der Waals surface area contributed by atoms with Crippen LogP contribution in [0.1, 0.15) is 62.4 Å². The zero-order valence-electron chi connectivity index (χ0n) is 21.0. The van der Waals surface area contributed by atoms with E-state index >= 15 is 0 Å². The summed E-state index contributed by atoms with van der Waals surface area (Å²) in [4.78, 5) is 0. The van der Waals surface area contributed by atoms with Gasteiger partial charge in [-0.3, -0.25) is 0 Å². The Bertz CT molecular complexity index is 1230. The average Bonchev–Trinajstić information content (AvgIpc) is 3.50. The summed E-state index contributed by atoms with van der Waals surface area (Å²) >= 11 is 0. The Hall–Kier alpha value is -2.70. The minimum absolute atomic E-state index is 0.104. The number of nitrogens with zero attached hydrogens (tertiary/aromatic N) is 4. The smallest absolute Gasteiger partial charge is 0.107 e. The predicted molar refractivity (Wildman–Crippen MR) is 141 cm³/mol. The fourth-order valence-corrected chi connectivity index (χ4v) is 7.62. The second kappa shape index (κ2) is 9.64. The lowest BCUT2D eigenvalue weighted by Gasteiger charge is -2.54. The van der Waals surface area contributed by atoms with E-state index in [0.717, 1.165) is 84.5 Å². The number of nitrogens with one attached hydrogen (secondary N) is 1. The van der Waals surface area contributed by atoms with Gasteiger partial charge in [-0.25, -0.2) is 9.03 Å². The van der Waals surface area contributed by atoms with Crippen LogP contribution in [0.2, 0.25) is 0 Å². The number of ether oxygens (including phenoxy) is 1. The summed E-state index contributed by atoms with van der Waals surface area (Å²) in [6.45, 7) is 1.86. The van der Waals surface area contributed by atoms with Crippen LogP contribution in [0, 0.1) is 23.7 Å². The van der Waals surface area contributed by atoms with Gasteiger partial charge in [-0.1, -0.05) is 12.1 Å². The molecule has 6 nitrogen and oxygen atoms in total. The van der Waals surface area contributed by atoms with E-state index in [9.17, 15) is 0 Å². The van der Waals surface area contributed by atoms with Gasteiger partial charge in [0.2, 0.25) is 0 Å². The Labute approximate surface area is 213 Å². The lowest BCUT2D eigenvalue weighted by Crippen LogP contribution is -2.54. The quantitative estimate of drug-likeness (QED) is 0.304. The second-order valence-electron chi connectivity index (χ2n) is 11.5. The first kappa shape index (κ1) is 22.5. The Morgan fingerprint density at radius 2 is 1.53 bits per heavy atom. The predicted octanol–water partition coefficient (Wildman–Crippen LogP) is 5.48. The molecule has 4 fully saturated rings. The van der Waals surface area contributed by atoms with Gasteiger partial charge in [-0.05, 0) is 112 Å². The highest BCUT2D eigenvalue weighted by molar-refractivity contribution is 5.49. The third-order valence-corrected chi connectivity index (χ3v) is 9.03. The highest BCUT2D eigenvalue weighted by Gasteiger charge is 2.47. The Kier molecular flexibility index (Phi) is 6.02. The average molecular weight is 484 g/mol. The van der Waals surface area contributed by atoms with E-state index in [1.807, 2.05) is 39.6 Å². The van der Waals surface area contributed by atoms with Crippen LogP contribution in [-0.4, -0.2) is 38.4 Å². The van der Waals surface area contributed by atoms with Crippen LogP contribution in [0.3, 0.4) is 0 Å². The normalized spacial score (nSPS) is 27.8. The van der Waals surface area contributed by atoms with Crippen molar-refractivity contribution in [2.45, 2.75) is 63.5 Å². The van der Waals surface area contributed by atoms with Gasteiger partial charge in [-0.2, -0.15) is 10.2 Å². The molecule has 188 valence electrons. The van der Waals surface area contributed by atoms with Crippen molar-refractivity contribution in [1.29, 1.82) is 0 Å². The van der Waals surface area contributed by atoms with E-state index in [0.29, 0.717) is 0 Å². The van der Waals surface area contributed by atoms with Gasteiger partial charge in [0.1, 0.15) is 6.10 Å². The van der Waals surface area contributed by atoms with Crippen LogP contribution in [0.15, 0.2) is 60.9 Å². The van der Waals surface area contributed by atoms with Gasteiger partial charge in [0, 0.05) is 31.5 Å². The molecular formula is C30H37N5O. The highest BCUT2D eigenvalue weighted by Crippen LogP contribution is 2.53. The molecule has 0 amide bonds. The summed E-state index contributed by atoms with van der Waals surface area (Å²) in [5.41, 5.74) is 4.21. The number of hydrogen-bond acceptors (Lipinski definition) is 4. The van der Waals surface area contributed by atoms with Crippen LogP contribution in [-0.2, 0) is 11.2 Å². The molecule has 4 aromatic heterocycles. The van der Waals surface area contributed by atoms with E-state index in [2.05, 4.69) is 35.6 Å². The van der Waals surface area contributed by atoms with E-state index in [4.69, 9.17) is 14.9 Å². The molecule has 1 unspecified atom stereocenters. The van der Waals surface area contributed by atoms with Gasteiger partial charge in [-0.15, -0.1) is 0 Å². The number of pyridine rings is 2. The summed E-state index contributed by atoms with van der Waals surface area (Å²) in [6, 6.07) is 17.4. The number of fused-ring (bicyclic) bond motifs is 2. The summed E-state index contributed by atoms with van der Waals surface area (Å²) in [7, 11) is 0. The van der Waals surface area contributed by atoms with E-state index in [1.54, 1.807) is 0 Å². The molecule has 4 aromatic rings. The molecule has 0 spiro atoms. The van der Waals surface area contributed by atoms with Crippen molar-refractivity contribution in [1.82, 2.24) is 24.5 Å². The Morgan fingerprint density at radius 1 is 0.833 bits per heavy atom. The number of rotatable bonds is 10. The highest BCUT2D eigenvalue weighted by atomic mass is 16.5. The minimum Gasteiger partial charge on any atom is -0.371 e. The molecule has 4 aliphatic carbocycles. The van der Waals surface area contributed by atoms with Crippen molar-refractivity contribution < 1.29 is 4.74 Å². The van der Waals surface area contributed by atoms with Crippen molar-refractivity contribution in [2.75, 3.05) is 13.2 Å². The third kappa shape index (κ3) is 4.46. The monoisotopic (exact) mass is 483 g/mol. The molecule has 0 aliphatic heterocycles. The zero-order chi connectivity index (χ0) is 23.9. The summed E-state index contributed by atoms with van der Waals surface area (Å²) in [5, 5.41) is 13.6. The van der Waals surface area contributed by atoms with Crippen LogP contribution in [0.4, 0.5) is 0 Å². The SMILES string of the molecule is c1ccn2nc(CC(OCCCCNC3C4CC5CC(C4)CC3C5)c3cc4ccccn4n3)cc2c1. The molecule has 4 saturated carbocycles. The standard InChI is InChI=1S/C30H37N5O/c1-4-10-34-26(7-1)18-25(32-34)19-29(28-20-27-8-2-5-11-35(27)33-28)36-12-6-3-9-31-30-23-14-21-13-22(16-23)17-24(30)15-21/h1-2,4-5,7-8,10-11,18,20-24,29-31H,3,6,9,12-17,19H2. The van der Waals surface area contributed by atoms with Crippen LogP contribution in [0.25, 0.3) is 11.0 Å². The first-order valence-corrected chi connectivity index (χ1v) is 14.0. The van der Waals surface area contributed by atoms with Gasteiger partial charge in [0.05, 0.1) is 22.4 Å². The zero-order valence-corrected chi connectivity index (χ0v) is 21.0. The first-order chi connectivity index (χ1) is 17.8. The number of hydrogen-bond donors (Lipinski definition) is 1. The number of aromatic nitrogens is 4. The lowest BCUT2D eigenvalue weighted by molar-refractivity contribution is -0.0139. The molecule has 6 heteroatoms. The fourth-order valence-electron chi connectivity index (χ4n) is 7.62. The molecule has 0 aromatic carbocycles. The Morgan fingerprint density at radius 3 is 2.22 bits per heavy atom. The van der Waals surface area contributed by atoms with Gasteiger partial charge in [0.25, 0.3) is 0 Å². The van der Waals surface area contributed by atoms with Crippen molar-refractivity contribution >= 4 is 11.0 Å². The number of unbranched alkanes of at least 4 members (excludes halogenated alkanes) is 1. The molecule has 4 aliphatic rings. The van der Waals surface area contributed by atoms with Crippen molar-refractivity contribution in [3.05, 3.63) is 72.3 Å². The third-order valence-electron chi connectivity index (χ3n) is 9.03. The minimum atomic E-state index is -0.104. The van der Waals surface area contributed by atoms with Crippen LogP contribution in [0.5, 0.6) is 0 Å². The molecule has 0 radical (unpaired) electrons. The van der Waals surface area contributed by atoms with Gasteiger partial charge in [0.15, 0.2) is 0 Å². The maximum Gasteiger partial charge on any atom is 0.107 e. The molecule has 4 heterocycles. The maximum absolute atomic E-state index is 6.49. The van der Waals surface area contributed by atoms with Gasteiger partial charge < -0.3 is 10.1 Å². The largest absolute Gasteiger partial charge is 0.371 e. The fraction of sp³-hybridized carbons (Fsp3) is 0.533. The van der Waals surface area contributed by atoms with Crippen LogP contribution < -0.4 is 5.32 Å². The molecule has 4 bridgehead atoms. The maximum atomic E-state index is 6.49. The topological polar surface area (TPSA) is 55.9 Å². The summed E-state index contributed by atoms with van der Waals surface area (Å²) < 4.78 is 10.4. The summed E-state index contributed by atoms with van der Waals surface area (Å²) in [5.74, 6) is 3.98. The van der Waals surface area contributed by atoms with Crippen molar-refractivity contribution in [3.8, 4) is 0 Å². The second-order valence-corrected chi connectivity index (χ2v) is 11.5. The van der Waals surface area contributed by atoms with Crippen LogP contribution >= 0.6 is 0 Å². The summed E-state index contributed by atoms with van der Waals surface area (Å²) in [6.07, 6.45) is 14.3. The Balaban J connectivity index is 0.965. The van der Waals surface area contributed by atoms with E-state index < -0.39 is 0 Å². The molecule has 0 saturated heterocycles. The lowest BCUT2D eigenvalue weighted by atomic mass is 9.54. The molecule has 1 atom stereocenters. The van der Waals surface area contributed by atoms with Crippen molar-refractivity contribution in [3.63, 3.8) is 0 Å². The molecule has 8 rings (SSSR count). The molecular weight excluding hydrogens is 446 g/mol. The molecule has 1 N–H and O–H groups in total. The van der Waals surface area contributed by atoms with E-state index in [-0.39, 0.29) is 6.10 Å². The van der Waals surface area contributed by atoms with Gasteiger partial charge >= 0.3 is 0 Å². The van der Waals surface area contributed by atoms with Crippen molar-refractivity contribution in [2.24, 2.45) is 23.7 Å². The molecule has 36 heavy (non-hydrogen) atoms. The van der Waals surface area contributed by atoms with E-state index in [1.165, 1.54) is 32.1 Å². The first-order valence-electron chi connectivity index (χ1n) is 14.0.